The van der Waals surface area contributed by atoms with E-state index >= 15 is 0 Å². The predicted octanol–water partition coefficient (Wildman–Crippen LogP) is 5.49. The van der Waals surface area contributed by atoms with Gasteiger partial charge in [-0.1, -0.05) is 43.7 Å². The number of thioether (sulfide) groups is 1. The van der Waals surface area contributed by atoms with Crippen LogP contribution in [-0.2, 0) is 9.53 Å². The number of carbonyl (C=O) groups excluding carboxylic acids is 1. The van der Waals surface area contributed by atoms with Crippen LogP contribution in [-0.4, -0.2) is 41.7 Å². The molecular weight excluding hydrogens is 444 g/mol. The number of nitrogens with zero attached hydrogens (tertiary/aromatic N) is 3. The number of ether oxygens (including phenoxy) is 1. The Labute approximate surface area is 205 Å². The molecule has 0 bridgehead atoms. The summed E-state index contributed by atoms with van der Waals surface area (Å²) in [5.74, 6) is 0.692. The Morgan fingerprint density at radius 1 is 1.18 bits per heavy atom. The van der Waals surface area contributed by atoms with E-state index in [9.17, 15) is 10.1 Å². The van der Waals surface area contributed by atoms with Crippen LogP contribution in [0.3, 0.4) is 0 Å². The smallest absolute Gasteiger partial charge is 0.261 e. The Morgan fingerprint density at radius 3 is 2.62 bits per heavy atom. The Hall–Kier alpha value is -3.34. The number of benzene rings is 2. The molecule has 6 nitrogen and oxygen atoms in total. The Morgan fingerprint density at radius 2 is 1.94 bits per heavy atom. The maximum Gasteiger partial charge on any atom is 0.261 e. The molecule has 0 aliphatic carbocycles. The number of hydrogen-bond acceptors (Lipinski definition) is 5. The highest BCUT2D eigenvalue weighted by Crippen LogP contribution is 2.28. The van der Waals surface area contributed by atoms with E-state index in [0.717, 1.165) is 17.0 Å². The number of para-hydroxylation sites is 1. The molecule has 3 rings (SSSR count). The molecule has 0 aliphatic heterocycles. The van der Waals surface area contributed by atoms with Crippen LogP contribution in [0.15, 0.2) is 71.3 Å². The van der Waals surface area contributed by atoms with Gasteiger partial charge < -0.3 is 10.1 Å². The van der Waals surface area contributed by atoms with Crippen molar-refractivity contribution in [2.45, 2.75) is 31.1 Å². The minimum absolute atomic E-state index is 0.0398. The number of methoxy groups -OCH3 is 1. The van der Waals surface area contributed by atoms with Gasteiger partial charge in [-0.15, -0.1) is 11.8 Å². The van der Waals surface area contributed by atoms with Crippen LogP contribution in [0.1, 0.15) is 31.7 Å². The fraction of sp³-hybridized carbons (Fsp3) is 0.296. The molecule has 0 saturated carbocycles. The Kier molecular flexibility index (Phi) is 9.96. The minimum atomic E-state index is -0.403. The average Bonchev–Trinajstić information content (AvgIpc) is 3.30. The first-order valence-electron chi connectivity index (χ1n) is 11.4. The topological polar surface area (TPSA) is 79.9 Å². The van der Waals surface area contributed by atoms with Gasteiger partial charge in [0, 0.05) is 42.5 Å². The van der Waals surface area contributed by atoms with E-state index in [2.05, 4.69) is 24.4 Å². The number of amides is 1. The highest BCUT2D eigenvalue weighted by molar-refractivity contribution is 7.99. The first kappa shape index (κ1) is 25.3. The molecule has 0 spiro atoms. The van der Waals surface area contributed by atoms with Crippen molar-refractivity contribution in [2.75, 3.05) is 26.0 Å². The molecule has 0 radical (unpaired) electrons. The first-order chi connectivity index (χ1) is 16.7. The van der Waals surface area contributed by atoms with Gasteiger partial charge in [-0.2, -0.15) is 10.4 Å². The molecule has 1 N–H and O–H groups in total. The molecule has 0 fully saturated rings. The summed E-state index contributed by atoms with van der Waals surface area (Å²) in [6.07, 6.45) is 6.51. The van der Waals surface area contributed by atoms with E-state index in [1.165, 1.54) is 17.7 Å². The van der Waals surface area contributed by atoms with Crippen molar-refractivity contribution in [3.8, 4) is 23.0 Å². The molecule has 0 aliphatic rings. The van der Waals surface area contributed by atoms with Crippen LogP contribution < -0.4 is 5.32 Å². The second-order valence-corrected chi connectivity index (χ2v) is 8.88. The minimum Gasteiger partial charge on any atom is -0.385 e. The predicted molar refractivity (Wildman–Crippen MR) is 138 cm³/mol. The van der Waals surface area contributed by atoms with Crippen molar-refractivity contribution < 1.29 is 9.53 Å². The quantitative estimate of drug-likeness (QED) is 0.162. The lowest BCUT2D eigenvalue weighted by Gasteiger charge is -2.05. The molecule has 1 amide bonds. The van der Waals surface area contributed by atoms with Gasteiger partial charge >= 0.3 is 0 Å². The SMILES string of the molecule is CCCCSc1ccc(-c2nn(-c3ccccc3)cc2C=C(C#N)C(=O)NCCCOC)cc1. The van der Waals surface area contributed by atoms with E-state index in [4.69, 9.17) is 9.84 Å². The van der Waals surface area contributed by atoms with E-state index < -0.39 is 5.91 Å². The number of nitriles is 1. The summed E-state index contributed by atoms with van der Waals surface area (Å²) in [5.41, 5.74) is 3.29. The lowest BCUT2D eigenvalue weighted by atomic mass is 10.1. The summed E-state index contributed by atoms with van der Waals surface area (Å²) in [6.45, 7) is 3.18. The zero-order chi connectivity index (χ0) is 24.2. The molecule has 7 heteroatoms. The molecule has 0 atom stereocenters. The Balaban J connectivity index is 1.92. The molecular formula is C27H30N4O2S. The normalized spacial score (nSPS) is 11.3. The summed E-state index contributed by atoms with van der Waals surface area (Å²) >= 11 is 1.84. The van der Waals surface area contributed by atoms with Crippen LogP contribution in [0.5, 0.6) is 0 Å². The molecule has 1 heterocycles. The van der Waals surface area contributed by atoms with Gasteiger partial charge in [-0.3, -0.25) is 4.79 Å². The summed E-state index contributed by atoms with van der Waals surface area (Å²) in [5, 5.41) is 17.2. The molecule has 2 aromatic carbocycles. The van der Waals surface area contributed by atoms with Crippen molar-refractivity contribution in [2.24, 2.45) is 0 Å². The first-order valence-corrected chi connectivity index (χ1v) is 12.4. The Bertz CT molecular complexity index is 1130. The average molecular weight is 475 g/mol. The molecule has 3 aromatic rings. The zero-order valence-electron chi connectivity index (χ0n) is 19.7. The third-order valence-corrected chi connectivity index (χ3v) is 6.23. The summed E-state index contributed by atoms with van der Waals surface area (Å²) in [4.78, 5) is 13.8. The van der Waals surface area contributed by atoms with E-state index in [1.807, 2.05) is 66.5 Å². The van der Waals surface area contributed by atoms with E-state index in [-0.39, 0.29) is 5.57 Å². The maximum atomic E-state index is 12.6. The van der Waals surface area contributed by atoms with Crippen LogP contribution in [0.2, 0.25) is 0 Å². The molecule has 176 valence electrons. The summed E-state index contributed by atoms with van der Waals surface area (Å²) < 4.78 is 6.78. The van der Waals surface area contributed by atoms with Gasteiger partial charge in [0.1, 0.15) is 11.6 Å². The van der Waals surface area contributed by atoms with Crippen LogP contribution >= 0.6 is 11.8 Å². The van der Waals surface area contributed by atoms with Crippen molar-refractivity contribution in [3.63, 3.8) is 0 Å². The fourth-order valence-electron chi connectivity index (χ4n) is 3.29. The van der Waals surface area contributed by atoms with Crippen LogP contribution in [0, 0.1) is 11.3 Å². The van der Waals surface area contributed by atoms with Gasteiger partial charge in [-0.05, 0) is 48.9 Å². The summed E-state index contributed by atoms with van der Waals surface area (Å²) in [6, 6.07) is 20.1. The van der Waals surface area contributed by atoms with Crippen molar-refractivity contribution in [1.82, 2.24) is 15.1 Å². The number of carbonyl (C=O) groups is 1. The lowest BCUT2D eigenvalue weighted by molar-refractivity contribution is -0.117. The van der Waals surface area contributed by atoms with Gasteiger partial charge in [0.15, 0.2) is 0 Å². The molecule has 0 saturated heterocycles. The monoisotopic (exact) mass is 474 g/mol. The third kappa shape index (κ3) is 7.08. The van der Waals surface area contributed by atoms with Gasteiger partial charge in [0.25, 0.3) is 5.91 Å². The van der Waals surface area contributed by atoms with Gasteiger partial charge in [0.2, 0.25) is 0 Å². The van der Waals surface area contributed by atoms with E-state index in [1.54, 1.807) is 17.9 Å². The fourth-order valence-corrected chi connectivity index (χ4v) is 4.29. The van der Waals surface area contributed by atoms with Gasteiger partial charge in [0.05, 0.1) is 11.4 Å². The zero-order valence-corrected chi connectivity index (χ0v) is 20.5. The molecule has 1 aromatic heterocycles. The number of rotatable bonds is 12. The standard InChI is InChI=1S/C27H30N4O2S/c1-3-4-17-34-25-13-11-21(12-14-25)26-23(20-31(30-26)24-9-6-5-7-10-24)18-22(19-28)27(32)29-15-8-16-33-2/h5-7,9-14,18,20H,3-4,8,15-17H2,1-2H3,(H,29,32). The molecule has 0 unspecified atom stereocenters. The lowest BCUT2D eigenvalue weighted by Crippen LogP contribution is -2.26. The second kappa shape index (κ2) is 13.4. The maximum absolute atomic E-state index is 12.6. The van der Waals surface area contributed by atoms with Gasteiger partial charge in [-0.25, -0.2) is 4.68 Å². The summed E-state index contributed by atoms with van der Waals surface area (Å²) in [7, 11) is 1.62. The highest BCUT2D eigenvalue weighted by atomic mass is 32.2. The second-order valence-electron chi connectivity index (χ2n) is 7.71. The van der Waals surface area contributed by atoms with Crippen molar-refractivity contribution in [3.05, 3.63) is 71.9 Å². The van der Waals surface area contributed by atoms with Crippen molar-refractivity contribution in [1.29, 1.82) is 5.26 Å². The van der Waals surface area contributed by atoms with Crippen LogP contribution in [0.25, 0.3) is 23.0 Å². The van der Waals surface area contributed by atoms with Crippen LogP contribution in [0.4, 0.5) is 0 Å². The highest BCUT2D eigenvalue weighted by Gasteiger charge is 2.15. The van der Waals surface area contributed by atoms with E-state index in [0.29, 0.717) is 30.8 Å². The number of aromatic nitrogens is 2. The largest absolute Gasteiger partial charge is 0.385 e. The molecule has 34 heavy (non-hydrogen) atoms. The number of unbranched alkanes of at least 4 members (excludes halogenated alkanes) is 1. The third-order valence-electron chi connectivity index (χ3n) is 5.13. The number of nitrogens with one attached hydrogen (secondary N) is 1. The number of hydrogen-bond donors (Lipinski definition) is 1. The van der Waals surface area contributed by atoms with Crippen molar-refractivity contribution >= 4 is 23.7 Å².